The summed E-state index contributed by atoms with van der Waals surface area (Å²) >= 11 is 6.45. The number of aryl methyl sites for hydroxylation is 1. The van der Waals surface area contributed by atoms with Crippen LogP contribution in [0.15, 0.2) is 12.1 Å². The molecule has 1 aromatic heterocycles. The van der Waals surface area contributed by atoms with Gasteiger partial charge in [0, 0.05) is 29.7 Å². The SMILES string of the molecule is CCCCn1nnnc1NCc1cc(OCC)c(OCC(=O)NC(C)(C)C)cc1Cl. The van der Waals surface area contributed by atoms with Crippen LogP contribution < -0.4 is 20.1 Å². The standard InChI is InChI=1S/C20H31ClN6O3/c1-6-8-9-27-19(24-25-26-27)22-12-14-10-16(29-7-2)17(11-15(14)21)30-13-18(28)23-20(3,4)5/h10-11H,6-9,12-13H2,1-5H3,(H,23,28)(H,22,24,26). The number of hydrogen-bond acceptors (Lipinski definition) is 7. The third kappa shape index (κ3) is 7.37. The number of anilines is 1. The zero-order valence-electron chi connectivity index (χ0n) is 18.3. The quantitative estimate of drug-likeness (QED) is 0.553. The molecule has 1 heterocycles. The van der Waals surface area contributed by atoms with Crippen LogP contribution >= 0.6 is 11.6 Å². The third-order valence-electron chi connectivity index (χ3n) is 3.98. The molecule has 0 aliphatic carbocycles. The molecule has 1 aromatic carbocycles. The van der Waals surface area contributed by atoms with Crippen molar-refractivity contribution in [2.24, 2.45) is 0 Å². The second-order valence-corrected chi connectivity index (χ2v) is 8.25. The highest BCUT2D eigenvalue weighted by Gasteiger charge is 2.17. The van der Waals surface area contributed by atoms with Gasteiger partial charge in [-0.2, -0.15) is 0 Å². The third-order valence-corrected chi connectivity index (χ3v) is 4.33. The van der Waals surface area contributed by atoms with Gasteiger partial charge in [-0.25, -0.2) is 4.68 Å². The Morgan fingerprint density at radius 2 is 1.93 bits per heavy atom. The normalized spacial score (nSPS) is 11.3. The number of nitrogens with one attached hydrogen (secondary N) is 2. The summed E-state index contributed by atoms with van der Waals surface area (Å²) in [5.74, 6) is 1.30. The van der Waals surface area contributed by atoms with E-state index in [0.717, 1.165) is 24.9 Å². The number of rotatable bonds is 11. The van der Waals surface area contributed by atoms with E-state index in [1.165, 1.54) is 0 Å². The first-order valence-electron chi connectivity index (χ1n) is 10.1. The van der Waals surface area contributed by atoms with Crippen LogP contribution in [-0.4, -0.2) is 44.9 Å². The van der Waals surface area contributed by atoms with Gasteiger partial charge < -0.3 is 20.1 Å². The van der Waals surface area contributed by atoms with Gasteiger partial charge in [-0.05, 0) is 56.2 Å². The first-order valence-corrected chi connectivity index (χ1v) is 10.5. The summed E-state index contributed by atoms with van der Waals surface area (Å²) < 4.78 is 13.1. The number of carbonyl (C=O) groups excluding carboxylic acids is 1. The summed E-state index contributed by atoms with van der Waals surface area (Å²) in [5, 5.41) is 18.3. The highest BCUT2D eigenvalue weighted by atomic mass is 35.5. The predicted octanol–water partition coefficient (Wildman–Crippen LogP) is 3.43. The van der Waals surface area contributed by atoms with E-state index >= 15 is 0 Å². The molecule has 2 rings (SSSR count). The van der Waals surface area contributed by atoms with E-state index in [4.69, 9.17) is 21.1 Å². The molecule has 0 radical (unpaired) electrons. The number of amides is 1. The Hall–Kier alpha value is -2.55. The van der Waals surface area contributed by atoms with Crippen molar-refractivity contribution in [2.75, 3.05) is 18.5 Å². The number of halogens is 1. The van der Waals surface area contributed by atoms with Gasteiger partial charge in [0.2, 0.25) is 5.95 Å². The van der Waals surface area contributed by atoms with Gasteiger partial charge in [0.25, 0.3) is 5.91 Å². The molecule has 0 unspecified atom stereocenters. The van der Waals surface area contributed by atoms with Crippen molar-refractivity contribution in [3.05, 3.63) is 22.7 Å². The fraction of sp³-hybridized carbons (Fsp3) is 0.600. The number of benzene rings is 1. The van der Waals surface area contributed by atoms with Crippen LogP contribution in [0, 0.1) is 0 Å². The molecule has 0 bridgehead atoms. The van der Waals surface area contributed by atoms with Crippen molar-refractivity contribution in [3.63, 3.8) is 0 Å². The first kappa shape index (κ1) is 23.7. The molecule has 0 saturated heterocycles. The van der Waals surface area contributed by atoms with Gasteiger partial charge in [0.15, 0.2) is 18.1 Å². The number of unbranched alkanes of at least 4 members (excludes halogenated alkanes) is 1. The van der Waals surface area contributed by atoms with Crippen molar-refractivity contribution in [1.29, 1.82) is 0 Å². The molecule has 2 N–H and O–H groups in total. The molecular weight excluding hydrogens is 408 g/mol. The van der Waals surface area contributed by atoms with Crippen molar-refractivity contribution < 1.29 is 14.3 Å². The zero-order valence-corrected chi connectivity index (χ0v) is 19.0. The summed E-state index contributed by atoms with van der Waals surface area (Å²) in [7, 11) is 0. The second-order valence-electron chi connectivity index (χ2n) is 7.84. The largest absolute Gasteiger partial charge is 0.490 e. The van der Waals surface area contributed by atoms with Gasteiger partial charge >= 0.3 is 0 Å². The molecular formula is C20H31ClN6O3. The second kappa shape index (κ2) is 11.0. The van der Waals surface area contributed by atoms with Crippen LogP contribution in [-0.2, 0) is 17.9 Å². The lowest BCUT2D eigenvalue weighted by Gasteiger charge is -2.21. The number of aromatic nitrogens is 4. The van der Waals surface area contributed by atoms with E-state index in [0.29, 0.717) is 35.6 Å². The van der Waals surface area contributed by atoms with Crippen molar-refractivity contribution >= 4 is 23.5 Å². The van der Waals surface area contributed by atoms with Crippen LogP contribution in [0.25, 0.3) is 0 Å². The van der Waals surface area contributed by atoms with E-state index in [1.54, 1.807) is 16.8 Å². The fourth-order valence-corrected chi connectivity index (χ4v) is 2.88. The van der Waals surface area contributed by atoms with Gasteiger partial charge in [-0.3, -0.25) is 4.79 Å². The van der Waals surface area contributed by atoms with E-state index in [2.05, 4.69) is 33.1 Å². The zero-order chi connectivity index (χ0) is 22.1. The van der Waals surface area contributed by atoms with Crippen LogP contribution in [0.4, 0.5) is 5.95 Å². The van der Waals surface area contributed by atoms with E-state index in [-0.39, 0.29) is 18.1 Å². The minimum atomic E-state index is -0.330. The molecule has 0 saturated carbocycles. The summed E-state index contributed by atoms with van der Waals surface area (Å²) in [6.45, 7) is 11.2. The van der Waals surface area contributed by atoms with Crippen LogP contribution in [0.2, 0.25) is 5.02 Å². The highest BCUT2D eigenvalue weighted by Crippen LogP contribution is 2.34. The first-order chi connectivity index (χ1) is 14.2. The Bertz CT molecular complexity index is 834. The number of ether oxygens (including phenoxy) is 2. The van der Waals surface area contributed by atoms with Crippen molar-refractivity contribution in [3.8, 4) is 11.5 Å². The Kier molecular flexibility index (Phi) is 8.71. The molecule has 0 aliphatic heterocycles. The monoisotopic (exact) mass is 438 g/mol. The molecule has 0 atom stereocenters. The maximum atomic E-state index is 12.1. The highest BCUT2D eigenvalue weighted by molar-refractivity contribution is 6.31. The number of tetrazole rings is 1. The summed E-state index contributed by atoms with van der Waals surface area (Å²) in [4.78, 5) is 12.1. The maximum absolute atomic E-state index is 12.1. The maximum Gasteiger partial charge on any atom is 0.258 e. The smallest absolute Gasteiger partial charge is 0.258 e. The summed E-state index contributed by atoms with van der Waals surface area (Å²) in [6.07, 6.45) is 2.04. The minimum absolute atomic E-state index is 0.128. The van der Waals surface area contributed by atoms with E-state index < -0.39 is 0 Å². The number of nitrogens with zero attached hydrogens (tertiary/aromatic N) is 4. The average molecular weight is 439 g/mol. The van der Waals surface area contributed by atoms with Gasteiger partial charge in [0.05, 0.1) is 6.61 Å². The van der Waals surface area contributed by atoms with E-state index in [1.807, 2.05) is 27.7 Å². The lowest BCUT2D eigenvalue weighted by atomic mass is 10.1. The molecule has 30 heavy (non-hydrogen) atoms. The Balaban J connectivity index is 2.08. The lowest BCUT2D eigenvalue weighted by molar-refractivity contribution is -0.124. The summed E-state index contributed by atoms with van der Waals surface area (Å²) in [6, 6.07) is 3.46. The van der Waals surface area contributed by atoms with Gasteiger partial charge in [-0.1, -0.05) is 30.0 Å². The predicted molar refractivity (Wildman–Crippen MR) is 116 cm³/mol. The lowest BCUT2D eigenvalue weighted by Crippen LogP contribution is -2.43. The Morgan fingerprint density at radius 1 is 1.20 bits per heavy atom. The number of hydrogen-bond donors (Lipinski definition) is 2. The number of carbonyl (C=O) groups is 1. The van der Waals surface area contributed by atoms with Gasteiger partial charge in [0.1, 0.15) is 0 Å². The molecule has 0 aliphatic rings. The average Bonchev–Trinajstić information content (AvgIpc) is 3.11. The molecule has 0 spiro atoms. The van der Waals surface area contributed by atoms with Crippen LogP contribution in [0.1, 0.15) is 53.0 Å². The minimum Gasteiger partial charge on any atom is -0.490 e. The topological polar surface area (TPSA) is 103 Å². The summed E-state index contributed by atoms with van der Waals surface area (Å²) in [5.41, 5.74) is 0.472. The fourth-order valence-electron chi connectivity index (χ4n) is 2.66. The Labute approximate surface area is 182 Å². The van der Waals surface area contributed by atoms with Crippen LogP contribution in [0.3, 0.4) is 0 Å². The molecule has 0 fully saturated rings. The van der Waals surface area contributed by atoms with Crippen LogP contribution in [0.5, 0.6) is 11.5 Å². The van der Waals surface area contributed by atoms with Gasteiger partial charge in [-0.15, -0.1) is 0 Å². The Morgan fingerprint density at radius 3 is 2.60 bits per heavy atom. The molecule has 1 amide bonds. The van der Waals surface area contributed by atoms with E-state index in [9.17, 15) is 4.79 Å². The van der Waals surface area contributed by atoms with Crippen molar-refractivity contribution in [2.45, 2.75) is 66.1 Å². The van der Waals surface area contributed by atoms with Crippen molar-refractivity contribution in [1.82, 2.24) is 25.5 Å². The molecule has 9 nitrogen and oxygen atoms in total. The molecule has 10 heteroatoms. The molecule has 2 aromatic rings. The molecule has 166 valence electrons.